The fourth-order valence-electron chi connectivity index (χ4n) is 1.99. The molecule has 2 N–H and O–H groups in total. The Bertz CT molecular complexity index is 463. The molecular weight excluding hydrogens is 260 g/mol. The maximum absolute atomic E-state index is 12.5. The summed E-state index contributed by atoms with van der Waals surface area (Å²) in [6.45, 7) is 5.69. The van der Waals surface area contributed by atoms with Crippen molar-refractivity contribution in [2.75, 3.05) is 19.6 Å². The summed E-state index contributed by atoms with van der Waals surface area (Å²) >= 11 is 0. The summed E-state index contributed by atoms with van der Waals surface area (Å²) in [5.74, 6) is 0. The van der Waals surface area contributed by atoms with E-state index in [9.17, 15) is 8.42 Å². The molecule has 0 bridgehead atoms. The van der Waals surface area contributed by atoms with Crippen molar-refractivity contribution in [2.24, 2.45) is 5.73 Å². The van der Waals surface area contributed by atoms with E-state index < -0.39 is 10.0 Å². The van der Waals surface area contributed by atoms with Gasteiger partial charge in [-0.1, -0.05) is 26.0 Å². The molecule has 0 saturated carbocycles. The third-order valence-electron chi connectivity index (χ3n) is 2.94. The van der Waals surface area contributed by atoms with E-state index in [1.165, 1.54) is 0 Å². The zero-order valence-corrected chi connectivity index (χ0v) is 12.6. The van der Waals surface area contributed by atoms with E-state index in [2.05, 4.69) is 0 Å². The van der Waals surface area contributed by atoms with E-state index in [1.54, 1.807) is 16.4 Å². The summed E-state index contributed by atoms with van der Waals surface area (Å²) in [6, 6.07) is 7.04. The van der Waals surface area contributed by atoms with Crippen LogP contribution in [-0.4, -0.2) is 32.4 Å². The molecule has 0 heterocycles. The first-order valence-corrected chi connectivity index (χ1v) is 8.29. The number of nitrogens with zero attached hydrogens (tertiary/aromatic N) is 1. The molecule has 5 heteroatoms. The molecule has 0 aromatic heterocycles. The first-order valence-electron chi connectivity index (χ1n) is 6.85. The zero-order valence-electron chi connectivity index (χ0n) is 11.8. The van der Waals surface area contributed by atoms with Crippen LogP contribution in [0.5, 0.6) is 0 Å². The van der Waals surface area contributed by atoms with Gasteiger partial charge in [0.2, 0.25) is 10.0 Å². The molecule has 108 valence electrons. The standard InChI is InChI=1S/C14H24N2O2S/c1-3-11-16(12-4-2)19(17,18)14-7-5-13(6-8-14)9-10-15/h5-8H,3-4,9-12,15H2,1-2H3. The molecule has 19 heavy (non-hydrogen) atoms. The van der Waals surface area contributed by atoms with Crippen molar-refractivity contribution < 1.29 is 8.42 Å². The molecule has 1 aromatic carbocycles. The van der Waals surface area contributed by atoms with Gasteiger partial charge in [0.25, 0.3) is 0 Å². The normalized spacial score (nSPS) is 12.0. The molecule has 4 nitrogen and oxygen atoms in total. The number of sulfonamides is 1. The lowest BCUT2D eigenvalue weighted by atomic mass is 10.2. The lowest BCUT2D eigenvalue weighted by Crippen LogP contribution is -2.32. The van der Waals surface area contributed by atoms with E-state index in [0.717, 1.165) is 24.8 Å². The highest BCUT2D eigenvalue weighted by Gasteiger charge is 2.22. The predicted molar refractivity (Wildman–Crippen MR) is 78.5 cm³/mol. The highest BCUT2D eigenvalue weighted by atomic mass is 32.2. The first kappa shape index (κ1) is 16.1. The Morgan fingerprint density at radius 1 is 1.05 bits per heavy atom. The molecule has 1 rings (SSSR count). The Labute approximate surface area is 116 Å². The van der Waals surface area contributed by atoms with Crippen molar-refractivity contribution in [1.82, 2.24) is 4.31 Å². The highest BCUT2D eigenvalue weighted by Crippen LogP contribution is 2.17. The molecule has 0 radical (unpaired) electrons. The minimum atomic E-state index is -3.35. The maximum atomic E-state index is 12.5. The predicted octanol–water partition coefficient (Wildman–Crippen LogP) is 2.00. The molecule has 0 aliphatic rings. The number of benzene rings is 1. The lowest BCUT2D eigenvalue weighted by molar-refractivity contribution is 0.410. The van der Waals surface area contributed by atoms with Gasteiger partial charge in [0.1, 0.15) is 0 Å². The van der Waals surface area contributed by atoms with Crippen LogP contribution in [0.4, 0.5) is 0 Å². The molecule has 0 atom stereocenters. The lowest BCUT2D eigenvalue weighted by Gasteiger charge is -2.21. The van der Waals surface area contributed by atoms with E-state index in [-0.39, 0.29) is 0 Å². The van der Waals surface area contributed by atoms with Gasteiger partial charge >= 0.3 is 0 Å². The van der Waals surface area contributed by atoms with Crippen LogP contribution in [-0.2, 0) is 16.4 Å². The van der Waals surface area contributed by atoms with Crippen molar-refractivity contribution in [1.29, 1.82) is 0 Å². The van der Waals surface area contributed by atoms with Gasteiger partial charge in [-0.2, -0.15) is 4.31 Å². The van der Waals surface area contributed by atoms with Gasteiger partial charge < -0.3 is 5.73 Å². The van der Waals surface area contributed by atoms with Crippen LogP contribution in [0.25, 0.3) is 0 Å². The smallest absolute Gasteiger partial charge is 0.243 e. The van der Waals surface area contributed by atoms with E-state index in [1.807, 2.05) is 26.0 Å². The number of nitrogens with two attached hydrogens (primary N) is 1. The van der Waals surface area contributed by atoms with Crippen molar-refractivity contribution in [3.8, 4) is 0 Å². The molecule has 1 aromatic rings. The Morgan fingerprint density at radius 2 is 1.58 bits per heavy atom. The molecule has 0 unspecified atom stereocenters. The Morgan fingerprint density at radius 3 is 2.00 bits per heavy atom. The van der Waals surface area contributed by atoms with Crippen LogP contribution in [0, 0.1) is 0 Å². The monoisotopic (exact) mass is 284 g/mol. The van der Waals surface area contributed by atoms with Gasteiger partial charge in [0.15, 0.2) is 0 Å². The van der Waals surface area contributed by atoms with Gasteiger partial charge in [-0.05, 0) is 43.5 Å². The average Bonchev–Trinajstić information content (AvgIpc) is 2.39. The third-order valence-corrected chi connectivity index (χ3v) is 4.85. The van der Waals surface area contributed by atoms with Crippen molar-refractivity contribution in [3.05, 3.63) is 29.8 Å². The second kappa shape index (κ2) is 7.62. The second-order valence-corrected chi connectivity index (χ2v) is 6.52. The third kappa shape index (κ3) is 4.30. The summed E-state index contributed by atoms with van der Waals surface area (Å²) in [4.78, 5) is 0.371. The van der Waals surface area contributed by atoms with Gasteiger partial charge in [-0.15, -0.1) is 0 Å². The molecule has 0 spiro atoms. The van der Waals surface area contributed by atoms with E-state index in [0.29, 0.717) is 24.5 Å². The van der Waals surface area contributed by atoms with Crippen LogP contribution in [0.15, 0.2) is 29.2 Å². The Hall–Kier alpha value is -0.910. The van der Waals surface area contributed by atoms with Crippen molar-refractivity contribution >= 4 is 10.0 Å². The minimum absolute atomic E-state index is 0.371. The molecule has 0 fully saturated rings. The fourth-order valence-corrected chi connectivity index (χ4v) is 3.62. The summed E-state index contributed by atoms with van der Waals surface area (Å²) in [6.07, 6.45) is 2.42. The summed E-state index contributed by atoms with van der Waals surface area (Å²) in [5, 5.41) is 0. The van der Waals surface area contributed by atoms with Crippen LogP contribution in [0.2, 0.25) is 0 Å². The zero-order chi connectivity index (χ0) is 14.3. The van der Waals surface area contributed by atoms with Crippen LogP contribution in [0.3, 0.4) is 0 Å². The molecule has 0 saturated heterocycles. The Kier molecular flexibility index (Phi) is 6.48. The van der Waals surface area contributed by atoms with Gasteiger partial charge in [-0.25, -0.2) is 8.42 Å². The second-order valence-electron chi connectivity index (χ2n) is 4.59. The molecule has 0 amide bonds. The van der Waals surface area contributed by atoms with Gasteiger partial charge in [0, 0.05) is 13.1 Å². The average molecular weight is 284 g/mol. The summed E-state index contributed by atoms with van der Waals surface area (Å²) in [7, 11) is -3.35. The highest BCUT2D eigenvalue weighted by molar-refractivity contribution is 7.89. The minimum Gasteiger partial charge on any atom is -0.330 e. The SMILES string of the molecule is CCCN(CCC)S(=O)(=O)c1ccc(CCN)cc1. The molecule has 0 aliphatic heterocycles. The van der Waals surface area contributed by atoms with Gasteiger partial charge in [-0.3, -0.25) is 0 Å². The molecular formula is C14H24N2O2S. The Balaban J connectivity index is 2.96. The largest absolute Gasteiger partial charge is 0.330 e. The van der Waals surface area contributed by atoms with Crippen molar-refractivity contribution in [2.45, 2.75) is 38.0 Å². The van der Waals surface area contributed by atoms with Crippen LogP contribution in [0.1, 0.15) is 32.3 Å². The first-order chi connectivity index (χ1) is 9.06. The number of rotatable bonds is 8. The van der Waals surface area contributed by atoms with Crippen LogP contribution >= 0.6 is 0 Å². The quantitative estimate of drug-likeness (QED) is 0.794. The topological polar surface area (TPSA) is 63.4 Å². The fraction of sp³-hybridized carbons (Fsp3) is 0.571. The summed E-state index contributed by atoms with van der Waals surface area (Å²) < 4.78 is 26.5. The maximum Gasteiger partial charge on any atom is 0.243 e. The summed E-state index contributed by atoms with van der Waals surface area (Å²) in [5.41, 5.74) is 6.55. The number of hydrogen-bond donors (Lipinski definition) is 1. The van der Waals surface area contributed by atoms with Gasteiger partial charge in [0.05, 0.1) is 4.90 Å². The van der Waals surface area contributed by atoms with E-state index >= 15 is 0 Å². The number of hydrogen-bond acceptors (Lipinski definition) is 3. The van der Waals surface area contributed by atoms with Crippen LogP contribution < -0.4 is 5.73 Å². The molecule has 0 aliphatic carbocycles. The van der Waals surface area contributed by atoms with Crippen molar-refractivity contribution in [3.63, 3.8) is 0 Å². The van der Waals surface area contributed by atoms with E-state index in [4.69, 9.17) is 5.73 Å².